The normalized spacial score (nSPS) is 18.8. The maximum Gasteiger partial charge on any atom is 0.270 e. The smallest absolute Gasteiger partial charge is 0.270 e. The van der Waals surface area contributed by atoms with Crippen molar-refractivity contribution < 1.29 is 9.59 Å². The molecule has 1 aliphatic carbocycles. The van der Waals surface area contributed by atoms with Crippen molar-refractivity contribution in [1.29, 1.82) is 0 Å². The summed E-state index contributed by atoms with van der Waals surface area (Å²) in [6, 6.07) is 2.01. The number of hydrogen-bond acceptors (Lipinski definition) is 5. The van der Waals surface area contributed by atoms with Crippen molar-refractivity contribution >= 4 is 17.8 Å². The third kappa shape index (κ3) is 3.83. The Kier molecular flexibility index (Phi) is 4.97. The Labute approximate surface area is 142 Å². The Hall–Kier alpha value is -2.18. The van der Waals surface area contributed by atoms with Gasteiger partial charge in [0.25, 0.3) is 5.91 Å². The predicted octanol–water partition coefficient (Wildman–Crippen LogP) is 1.13. The molecule has 1 saturated heterocycles. The molecule has 1 aliphatic heterocycles. The molecule has 0 unspecified atom stereocenters. The van der Waals surface area contributed by atoms with Gasteiger partial charge in [-0.25, -0.2) is 9.97 Å². The van der Waals surface area contributed by atoms with Crippen LogP contribution >= 0.6 is 0 Å². The summed E-state index contributed by atoms with van der Waals surface area (Å²) in [5.74, 6) is 0.558. The second-order valence-electron chi connectivity index (χ2n) is 6.64. The highest BCUT2D eigenvalue weighted by atomic mass is 16.2. The van der Waals surface area contributed by atoms with E-state index in [0.717, 1.165) is 18.5 Å². The molecule has 24 heavy (non-hydrogen) atoms. The van der Waals surface area contributed by atoms with E-state index in [0.29, 0.717) is 37.8 Å². The largest absolute Gasteiger partial charge is 0.348 e. The zero-order valence-corrected chi connectivity index (χ0v) is 14.4. The van der Waals surface area contributed by atoms with Gasteiger partial charge in [-0.1, -0.05) is 12.8 Å². The maximum atomic E-state index is 12.5. The molecule has 0 aromatic carbocycles. The van der Waals surface area contributed by atoms with Gasteiger partial charge in [-0.2, -0.15) is 0 Å². The number of hydrogen-bond donors (Lipinski definition) is 1. The fourth-order valence-corrected chi connectivity index (χ4v) is 3.36. The average Bonchev–Trinajstić information content (AvgIpc) is 3.07. The van der Waals surface area contributed by atoms with E-state index in [1.165, 1.54) is 12.8 Å². The predicted molar refractivity (Wildman–Crippen MR) is 91.0 cm³/mol. The van der Waals surface area contributed by atoms with Gasteiger partial charge in [-0.15, -0.1) is 0 Å². The van der Waals surface area contributed by atoms with E-state index < -0.39 is 0 Å². The molecule has 0 atom stereocenters. The Morgan fingerprint density at radius 3 is 2.42 bits per heavy atom. The molecular formula is C17H25N5O2. The van der Waals surface area contributed by atoms with Gasteiger partial charge in [-0.05, 0) is 25.8 Å². The molecule has 1 aromatic rings. The van der Waals surface area contributed by atoms with Gasteiger partial charge >= 0.3 is 0 Å². The molecule has 0 radical (unpaired) electrons. The van der Waals surface area contributed by atoms with Gasteiger partial charge in [0.1, 0.15) is 5.69 Å². The summed E-state index contributed by atoms with van der Waals surface area (Å²) < 4.78 is 0. The SMILES string of the molecule is CC(=O)N1CCN(c2nc(C)cc(C(=O)NC3CCCC3)n2)CC1. The maximum absolute atomic E-state index is 12.5. The van der Waals surface area contributed by atoms with E-state index in [9.17, 15) is 9.59 Å². The minimum atomic E-state index is -0.115. The molecule has 3 rings (SSSR count). The van der Waals surface area contributed by atoms with E-state index in [1.54, 1.807) is 13.0 Å². The number of carbonyl (C=O) groups excluding carboxylic acids is 2. The zero-order valence-electron chi connectivity index (χ0n) is 14.4. The lowest BCUT2D eigenvalue weighted by Crippen LogP contribution is -2.48. The van der Waals surface area contributed by atoms with Crippen LogP contribution in [0.2, 0.25) is 0 Å². The highest BCUT2D eigenvalue weighted by Gasteiger charge is 2.23. The second kappa shape index (κ2) is 7.15. The van der Waals surface area contributed by atoms with Crippen LogP contribution in [0.4, 0.5) is 5.95 Å². The third-order valence-corrected chi connectivity index (χ3v) is 4.77. The lowest BCUT2D eigenvalue weighted by Gasteiger charge is -2.34. The number of aryl methyl sites for hydroxylation is 1. The van der Waals surface area contributed by atoms with E-state index in [1.807, 2.05) is 16.7 Å². The van der Waals surface area contributed by atoms with Crippen LogP contribution in [0.25, 0.3) is 0 Å². The van der Waals surface area contributed by atoms with Gasteiger partial charge in [-0.3, -0.25) is 9.59 Å². The number of nitrogens with zero attached hydrogens (tertiary/aromatic N) is 4. The van der Waals surface area contributed by atoms with Crippen LogP contribution in [-0.4, -0.2) is 58.9 Å². The summed E-state index contributed by atoms with van der Waals surface area (Å²) in [6.07, 6.45) is 4.46. The number of amides is 2. The van der Waals surface area contributed by atoms with Crippen molar-refractivity contribution in [2.75, 3.05) is 31.1 Å². The summed E-state index contributed by atoms with van der Waals surface area (Å²) in [6.45, 7) is 6.17. The van der Waals surface area contributed by atoms with Crippen LogP contribution in [0.1, 0.15) is 48.8 Å². The van der Waals surface area contributed by atoms with Gasteiger partial charge in [0.2, 0.25) is 11.9 Å². The minimum Gasteiger partial charge on any atom is -0.348 e. The highest BCUT2D eigenvalue weighted by Crippen LogP contribution is 2.19. The monoisotopic (exact) mass is 331 g/mol. The van der Waals surface area contributed by atoms with Crippen molar-refractivity contribution in [3.8, 4) is 0 Å². The molecule has 7 heteroatoms. The lowest BCUT2D eigenvalue weighted by atomic mass is 10.2. The highest BCUT2D eigenvalue weighted by molar-refractivity contribution is 5.92. The van der Waals surface area contributed by atoms with Crippen molar-refractivity contribution in [2.24, 2.45) is 0 Å². The number of anilines is 1. The van der Waals surface area contributed by atoms with E-state index >= 15 is 0 Å². The molecular weight excluding hydrogens is 306 g/mol. The van der Waals surface area contributed by atoms with Crippen LogP contribution in [-0.2, 0) is 4.79 Å². The first-order valence-electron chi connectivity index (χ1n) is 8.70. The first-order valence-corrected chi connectivity index (χ1v) is 8.70. The Morgan fingerprint density at radius 2 is 1.79 bits per heavy atom. The van der Waals surface area contributed by atoms with Crippen LogP contribution < -0.4 is 10.2 Å². The molecule has 0 bridgehead atoms. The van der Waals surface area contributed by atoms with Gasteiger partial charge < -0.3 is 15.1 Å². The van der Waals surface area contributed by atoms with Gasteiger partial charge in [0.05, 0.1) is 0 Å². The van der Waals surface area contributed by atoms with E-state index in [2.05, 4.69) is 15.3 Å². The summed E-state index contributed by atoms with van der Waals surface area (Å²) in [4.78, 5) is 36.7. The lowest BCUT2D eigenvalue weighted by molar-refractivity contribution is -0.129. The fourth-order valence-electron chi connectivity index (χ4n) is 3.36. The molecule has 0 spiro atoms. The average molecular weight is 331 g/mol. The molecule has 1 saturated carbocycles. The zero-order chi connectivity index (χ0) is 17.1. The molecule has 2 heterocycles. The molecule has 1 N–H and O–H groups in total. The molecule has 2 amide bonds. The number of aromatic nitrogens is 2. The quantitative estimate of drug-likeness (QED) is 0.898. The molecule has 2 aliphatic rings. The van der Waals surface area contributed by atoms with Gasteiger partial charge in [0.15, 0.2) is 0 Å². The molecule has 1 aromatic heterocycles. The summed E-state index contributed by atoms with van der Waals surface area (Å²) >= 11 is 0. The van der Waals surface area contributed by atoms with Crippen molar-refractivity contribution in [3.63, 3.8) is 0 Å². The summed E-state index contributed by atoms with van der Waals surface area (Å²) in [7, 11) is 0. The summed E-state index contributed by atoms with van der Waals surface area (Å²) in [5.41, 5.74) is 1.21. The summed E-state index contributed by atoms with van der Waals surface area (Å²) in [5, 5.41) is 3.07. The minimum absolute atomic E-state index is 0.0939. The first-order chi connectivity index (χ1) is 11.5. The van der Waals surface area contributed by atoms with Crippen molar-refractivity contribution in [1.82, 2.24) is 20.2 Å². The Balaban J connectivity index is 1.69. The standard InChI is InChI=1S/C17H25N5O2/c1-12-11-15(16(24)19-14-5-3-4-6-14)20-17(18-12)22-9-7-21(8-10-22)13(2)23/h11,14H,3-10H2,1-2H3,(H,19,24). The Bertz CT molecular complexity index is 619. The van der Waals surface area contributed by atoms with Crippen LogP contribution in [0, 0.1) is 6.92 Å². The second-order valence-corrected chi connectivity index (χ2v) is 6.64. The van der Waals surface area contributed by atoms with Crippen molar-refractivity contribution in [2.45, 2.75) is 45.6 Å². The topological polar surface area (TPSA) is 78.4 Å². The number of nitrogens with one attached hydrogen (secondary N) is 1. The first kappa shape index (κ1) is 16.7. The van der Waals surface area contributed by atoms with Crippen molar-refractivity contribution in [3.05, 3.63) is 17.5 Å². The number of carbonyl (C=O) groups is 2. The molecule has 130 valence electrons. The fraction of sp³-hybridized carbons (Fsp3) is 0.647. The van der Waals surface area contributed by atoms with Crippen LogP contribution in [0.3, 0.4) is 0 Å². The van der Waals surface area contributed by atoms with Crippen LogP contribution in [0.5, 0.6) is 0 Å². The van der Waals surface area contributed by atoms with E-state index in [-0.39, 0.29) is 17.9 Å². The van der Waals surface area contributed by atoms with Gasteiger partial charge in [0, 0.05) is 44.8 Å². The van der Waals surface area contributed by atoms with E-state index in [4.69, 9.17) is 0 Å². The Morgan fingerprint density at radius 1 is 1.12 bits per heavy atom. The number of rotatable bonds is 3. The third-order valence-electron chi connectivity index (χ3n) is 4.77. The van der Waals surface area contributed by atoms with Crippen LogP contribution in [0.15, 0.2) is 6.07 Å². The molecule has 2 fully saturated rings. The number of piperazine rings is 1. The molecule has 7 nitrogen and oxygen atoms in total.